The molecule has 0 bridgehead atoms. The van der Waals surface area contributed by atoms with Crippen LogP contribution in [0.5, 0.6) is 0 Å². The molecule has 0 saturated carbocycles. The fraction of sp³-hybridized carbons (Fsp3) is 0.640. The molecule has 0 saturated heterocycles. The topological polar surface area (TPSA) is 78.1 Å². The van der Waals surface area contributed by atoms with E-state index in [9.17, 15) is 0 Å². The van der Waals surface area contributed by atoms with E-state index in [0.29, 0.717) is 0 Å². The predicted molar refractivity (Wildman–Crippen MR) is 172 cm³/mol. The Bertz CT molecular complexity index is 551. The number of aryl methyl sites for hydroxylation is 1. The van der Waals surface area contributed by atoms with Crippen molar-refractivity contribution in [3.63, 3.8) is 0 Å². The maximum Gasteiger partial charge on any atom is 4.00 e. The van der Waals surface area contributed by atoms with E-state index in [0.717, 1.165) is 0 Å². The first-order valence-corrected chi connectivity index (χ1v) is 14.4. The molecule has 0 amide bonds. The summed E-state index contributed by atoms with van der Waals surface area (Å²) in [7, 11) is 0. The minimum atomic E-state index is 0. The molecule has 1 rings (SSSR count). The van der Waals surface area contributed by atoms with Gasteiger partial charge in [0.05, 0.1) is 0 Å². The van der Waals surface area contributed by atoms with Crippen LogP contribution in [0.3, 0.4) is 0 Å². The monoisotopic (exact) mass is 675 g/mol. The molecule has 1 aromatic rings. The second-order valence-corrected chi connectivity index (χ2v) is 11.1. The van der Waals surface area contributed by atoms with Crippen LogP contribution in [0.2, 0.25) is 0 Å². The number of hydrogen-bond donors (Lipinski definition) is 3. The Hall–Kier alpha value is 0.238. The van der Waals surface area contributed by atoms with Crippen LogP contribution in [0.25, 0.3) is 0 Å². The molecule has 0 aliphatic rings. The van der Waals surface area contributed by atoms with Crippen LogP contribution in [-0.4, -0.2) is 13.0 Å². The van der Waals surface area contributed by atoms with E-state index in [4.69, 9.17) is 0 Å². The normalized spacial score (nSPS) is 8.94. The van der Waals surface area contributed by atoms with Crippen LogP contribution in [0.1, 0.15) is 102 Å². The van der Waals surface area contributed by atoms with Crippen LogP contribution >= 0.6 is 36.7 Å². The summed E-state index contributed by atoms with van der Waals surface area (Å²) in [5, 5.41) is 0. The molecule has 200 valence electrons. The van der Waals surface area contributed by atoms with E-state index in [1.807, 2.05) is 6.07 Å². The first-order chi connectivity index (χ1) is 16.1. The zero-order chi connectivity index (χ0) is 26.5. The van der Waals surface area contributed by atoms with Gasteiger partial charge in [-0.25, -0.2) is 0 Å². The standard InChI is InChI=1S/C22H37.3CH3NS2.Mo/c1-2-3-4-5-6-7-8-9-10-11-12-13-14-16-19-22-20-17-15-18-21-22;3*2-1(3)4;/h15,17-18,20H,2-14,16,19H2,1H3;3*(H3,2,3,4);/q-1;;;;+4/p-3. The Labute approximate surface area is 262 Å². The first kappa shape index (κ1) is 42.3. The third kappa shape index (κ3) is 60.6. The van der Waals surface area contributed by atoms with Gasteiger partial charge in [-0.05, 0) is 0 Å². The van der Waals surface area contributed by atoms with Crippen LogP contribution in [0.4, 0.5) is 0 Å². The molecule has 0 radical (unpaired) electrons. The summed E-state index contributed by atoms with van der Waals surface area (Å²) in [4.78, 5) is 0. The Balaban J connectivity index is -0.000000307. The quantitative estimate of drug-likeness (QED) is 0.0610. The van der Waals surface area contributed by atoms with Gasteiger partial charge in [0.25, 0.3) is 0 Å². The van der Waals surface area contributed by atoms with Crippen molar-refractivity contribution in [2.75, 3.05) is 0 Å². The van der Waals surface area contributed by atoms with Gasteiger partial charge in [0.15, 0.2) is 0 Å². The third-order valence-electron chi connectivity index (χ3n) is 4.57. The molecule has 0 aromatic heterocycles. The zero-order valence-corrected chi connectivity index (χ0v) is 27.9. The SMILES string of the molecule is CCCCCCCCCCCCCCCCc1[c-]cccc1.NC(=S)[S-].NC(=S)[S-].NC(=S)[S-].[Mo+4]. The van der Waals surface area contributed by atoms with E-state index in [1.54, 1.807) is 0 Å². The summed E-state index contributed by atoms with van der Waals surface area (Å²) in [5.41, 5.74) is 15.3. The van der Waals surface area contributed by atoms with E-state index >= 15 is 0 Å². The van der Waals surface area contributed by atoms with E-state index in [1.165, 1.54) is 102 Å². The van der Waals surface area contributed by atoms with E-state index in [-0.39, 0.29) is 34.0 Å². The minimum Gasteiger partial charge on any atom is -0.415 e. The maximum atomic E-state index is 4.66. The summed E-state index contributed by atoms with van der Waals surface area (Å²) < 4.78 is 0.250. The Morgan fingerprint density at radius 2 is 0.971 bits per heavy atom. The molecule has 0 fully saturated rings. The van der Waals surface area contributed by atoms with Crippen LogP contribution in [-0.2, 0) is 65.4 Å². The van der Waals surface area contributed by atoms with Gasteiger partial charge < -0.3 is 91.7 Å². The Morgan fingerprint density at radius 1 is 0.657 bits per heavy atom. The van der Waals surface area contributed by atoms with Gasteiger partial charge in [-0.3, -0.25) is 0 Å². The summed E-state index contributed by atoms with van der Waals surface area (Å²) in [5.74, 6) is 0. The van der Waals surface area contributed by atoms with Crippen LogP contribution in [0.15, 0.2) is 24.3 Å². The fourth-order valence-corrected chi connectivity index (χ4v) is 3.10. The summed E-state index contributed by atoms with van der Waals surface area (Å²) in [6, 6.07) is 11.7. The number of thiocarbonyl (C=S) groups is 3. The summed E-state index contributed by atoms with van der Waals surface area (Å²) >= 11 is 24.8. The third-order valence-corrected chi connectivity index (χ3v) is 4.57. The van der Waals surface area contributed by atoms with Gasteiger partial charge in [0.1, 0.15) is 0 Å². The van der Waals surface area contributed by atoms with Crippen molar-refractivity contribution in [1.29, 1.82) is 0 Å². The average Bonchev–Trinajstić information content (AvgIpc) is 2.73. The fourth-order valence-electron chi connectivity index (χ4n) is 3.10. The molecular formula is C25H43MoN3S6. The molecule has 10 heteroatoms. The molecule has 0 spiro atoms. The van der Waals surface area contributed by atoms with E-state index in [2.05, 4.69) is 123 Å². The number of nitrogens with two attached hydrogens (primary N) is 3. The van der Waals surface area contributed by atoms with Gasteiger partial charge in [-0.2, -0.15) is 35.9 Å². The van der Waals surface area contributed by atoms with Crippen molar-refractivity contribution in [3.8, 4) is 0 Å². The Kier molecular flexibility index (Phi) is 44.0. The predicted octanol–water partition coefficient (Wildman–Crippen LogP) is 6.84. The molecule has 0 unspecified atom stereocenters. The molecule has 35 heavy (non-hydrogen) atoms. The van der Waals surface area contributed by atoms with Crippen LogP contribution in [0, 0.1) is 6.07 Å². The molecule has 1 aromatic carbocycles. The number of hydrogen-bond acceptors (Lipinski definition) is 6. The average molecular weight is 674 g/mol. The van der Waals surface area contributed by atoms with E-state index < -0.39 is 0 Å². The maximum absolute atomic E-state index is 4.66. The zero-order valence-electron chi connectivity index (χ0n) is 21.0. The number of unbranched alkanes of at least 4 members (excludes halogenated alkanes) is 13. The molecular weight excluding hydrogens is 631 g/mol. The van der Waals surface area contributed by atoms with Gasteiger partial charge in [0.2, 0.25) is 0 Å². The van der Waals surface area contributed by atoms with Crippen molar-refractivity contribution >= 4 is 87.5 Å². The molecule has 0 atom stereocenters. The molecule has 0 aliphatic carbocycles. The molecule has 0 heterocycles. The number of benzene rings is 1. The second-order valence-electron chi connectivity index (χ2n) is 7.69. The summed E-state index contributed by atoms with van der Waals surface area (Å²) in [6.07, 6.45) is 21.3. The minimum absolute atomic E-state index is 0. The van der Waals surface area contributed by atoms with Crippen molar-refractivity contribution in [2.45, 2.75) is 103 Å². The van der Waals surface area contributed by atoms with Gasteiger partial charge >= 0.3 is 21.1 Å². The van der Waals surface area contributed by atoms with Gasteiger partial charge in [-0.1, -0.05) is 116 Å². The van der Waals surface area contributed by atoms with Gasteiger partial charge in [0, 0.05) is 0 Å². The first-order valence-electron chi connectivity index (χ1n) is 12.0. The largest absolute Gasteiger partial charge is 4.00 e. The van der Waals surface area contributed by atoms with Crippen molar-refractivity contribution in [2.24, 2.45) is 17.2 Å². The van der Waals surface area contributed by atoms with Crippen molar-refractivity contribution < 1.29 is 21.1 Å². The number of rotatable bonds is 15. The summed E-state index contributed by atoms with van der Waals surface area (Å²) in [6.45, 7) is 2.29. The Morgan fingerprint density at radius 3 is 1.26 bits per heavy atom. The molecule has 6 N–H and O–H groups in total. The second kappa shape index (κ2) is 36.4. The van der Waals surface area contributed by atoms with Crippen LogP contribution < -0.4 is 17.2 Å². The molecule has 3 nitrogen and oxygen atoms in total. The smallest absolute Gasteiger partial charge is 0.415 e. The van der Waals surface area contributed by atoms with Crippen molar-refractivity contribution in [1.82, 2.24) is 0 Å². The van der Waals surface area contributed by atoms with Gasteiger partial charge in [-0.15, -0.1) is 0 Å². The van der Waals surface area contributed by atoms with Crippen molar-refractivity contribution in [3.05, 3.63) is 35.9 Å². The molecule has 0 aliphatic heterocycles.